The maximum atomic E-state index is 12.1. The Morgan fingerprint density at radius 3 is 2.81 bits per heavy atom. The van der Waals surface area contributed by atoms with Gasteiger partial charge in [-0.05, 0) is 43.7 Å². The minimum atomic E-state index is -0.416. The number of carbonyl (C=O) groups is 1. The summed E-state index contributed by atoms with van der Waals surface area (Å²) in [6, 6.07) is 8.74. The number of hydrogen-bond acceptors (Lipinski definition) is 7. The van der Waals surface area contributed by atoms with E-state index in [1.54, 1.807) is 38.4 Å². The number of nitrogens with one attached hydrogen (secondary N) is 1. The van der Waals surface area contributed by atoms with Gasteiger partial charge in [-0.15, -0.1) is 0 Å². The van der Waals surface area contributed by atoms with E-state index in [1.807, 2.05) is 19.1 Å². The number of pyridine rings is 1. The molecule has 0 aliphatic rings. The minimum Gasteiger partial charge on any atom is -0.493 e. The van der Waals surface area contributed by atoms with E-state index in [0.717, 1.165) is 5.56 Å². The lowest BCUT2D eigenvalue weighted by Crippen LogP contribution is -2.14. The summed E-state index contributed by atoms with van der Waals surface area (Å²) in [5.41, 5.74) is 1.31. The fourth-order valence-corrected chi connectivity index (χ4v) is 2.41. The number of ether oxygens (including phenoxy) is 3. The Morgan fingerprint density at radius 2 is 2.12 bits per heavy atom. The summed E-state index contributed by atoms with van der Waals surface area (Å²) in [7, 11) is 1.56. The normalized spacial score (nSPS) is 11.5. The Bertz CT molecular complexity index is 736. The largest absolute Gasteiger partial charge is 0.493 e. The van der Waals surface area contributed by atoms with Gasteiger partial charge in [0.2, 0.25) is 0 Å². The molecule has 1 atom stereocenters. The van der Waals surface area contributed by atoms with Crippen molar-refractivity contribution in [2.45, 2.75) is 19.9 Å². The SMILES string of the molecule is CCOC(=O)c1cccnc1N[C@H](C)c1ccc(OCCO)c(OC)c1. The van der Waals surface area contributed by atoms with Crippen LogP contribution in [0.5, 0.6) is 11.5 Å². The fourth-order valence-electron chi connectivity index (χ4n) is 2.41. The quantitative estimate of drug-likeness (QED) is 0.665. The van der Waals surface area contributed by atoms with Gasteiger partial charge in [0.1, 0.15) is 18.0 Å². The smallest absolute Gasteiger partial charge is 0.341 e. The average molecular weight is 360 g/mol. The first-order valence-electron chi connectivity index (χ1n) is 8.41. The predicted molar refractivity (Wildman–Crippen MR) is 97.8 cm³/mol. The summed E-state index contributed by atoms with van der Waals surface area (Å²) in [6.07, 6.45) is 1.62. The number of nitrogens with zero attached hydrogens (tertiary/aromatic N) is 1. The van der Waals surface area contributed by atoms with E-state index in [-0.39, 0.29) is 19.3 Å². The molecule has 0 aliphatic heterocycles. The number of aliphatic hydroxyl groups excluding tert-OH is 1. The first kappa shape index (κ1) is 19.5. The third-order valence-electron chi connectivity index (χ3n) is 3.69. The predicted octanol–water partition coefficient (Wildman–Crippen LogP) is 2.81. The zero-order valence-electron chi connectivity index (χ0n) is 15.2. The van der Waals surface area contributed by atoms with Crippen LogP contribution in [-0.4, -0.2) is 43.0 Å². The van der Waals surface area contributed by atoms with E-state index >= 15 is 0 Å². The number of anilines is 1. The van der Waals surface area contributed by atoms with Gasteiger partial charge < -0.3 is 24.6 Å². The number of rotatable bonds is 9. The van der Waals surface area contributed by atoms with Crippen LogP contribution in [0.3, 0.4) is 0 Å². The minimum absolute atomic E-state index is 0.0703. The number of aromatic nitrogens is 1. The zero-order valence-corrected chi connectivity index (χ0v) is 15.2. The second kappa shape index (κ2) is 9.62. The average Bonchev–Trinajstić information content (AvgIpc) is 2.66. The molecule has 26 heavy (non-hydrogen) atoms. The summed E-state index contributed by atoms with van der Waals surface area (Å²) in [4.78, 5) is 16.3. The van der Waals surface area contributed by atoms with E-state index in [2.05, 4.69) is 10.3 Å². The molecule has 0 saturated carbocycles. The maximum absolute atomic E-state index is 12.1. The molecule has 2 aromatic rings. The topological polar surface area (TPSA) is 89.9 Å². The van der Waals surface area contributed by atoms with Crippen LogP contribution in [0.15, 0.2) is 36.5 Å². The number of benzene rings is 1. The highest BCUT2D eigenvalue weighted by atomic mass is 16.5. The molecule has 1 aromatic carbocycles. The van der Waals surface area contributed by atoms with Crippen LogP contribution >= 0.6 is 0 Å². The van der Waals surface area contributed by atoms with E-state index in [1.165, 1.54) is 0 Å². The summed E-state index contributed by atoms with van der Waals surface area (Å²) < 4.78 is 15.9. The van der Waals surface area contributed by atoms with Crippen molar-refractivity contribution in [2.24, 2.45) is 0 Å². The molecule has 0 spiro atoms. The number of aliphatic hydroxyl groups is 1. The van der Waals surface area contributed by atoms with Crippen LogP contribution in [0.2, 0.25) is 0 Å². The molecule has 0 fully saturated rings. The second-order valence-corrected chi connectivity index (χ2v) is 5.47. The van der Waals surface area contributed by atoms with Crippen LogP contribution in [-0.2, 0) is 4.74 Å². The number of methoxy groups -OCH3 is 1. The van der Waals surface area contributed by atoms with E-state index in [4.69, 9.17) is 19.3 Å². The van der Waals surface area contributed by atoms with E-state index in [9.17, 15) is 4.79 Å². The molecule has 1 heterocycles. The van der Waals surface area contributed by atoms with Gasteiger partial charge in [0.15, 0.2) is 11.5 Å². The van der Waals surface area contributed by atoms with Crippen LogP contribution in [0.25, 0.3) is 0 Å². The van der Waals surface area contributed by atoms with Crippen molar-refractivity contribution in [3.05, 3.63) is 47.7 Å². The molecular formula is C19H24N2O5. The lowest BCUT2D eigenvalue weighted by molar-refractivity contribution is 0.0527. The highest BCUT2D eigenvalue weighted by Gasteiger charge is 2.17. The third kappa shape index (κ3) is 4.86. The molecule has 0 radical (unpaired) electrons. The van der Waals surface area contributed by atoms with Gasteiger partial charge in [-0.3, -0.25) is 0 Å². The van der Waals surface area contributed by atoms with Gasteiger partial charge in [-0.25, -0.2) is 9.78 Å². The van der Waals surface area contributed by atoms with E-state index in [0.29, 0.717) is 29.5 Å². The number of esters is 1. The molecule has 1 aromatic heterocycles. The van der Waals surface area contributed by atoms with Crippen molar-refractivity contribution in [3.8, 4) is 11.5 Å². The number of carbonyl (C=O) groups excluding carboxylic acids is 1. The van der Waals surface area contributed by atoms with Crippen molar-refractivity contribution < 1.29 is 24.1 Å². The lowest BCUT2D eigenvalue weighted by atomic mass is 10.1. The van der Waals surface area contributed by atoms with Crippen molar-refractivity contribution in [1.82, 2.24) is 4.98 Å². The molecule has 0 unspecified atom stereocenters. The Labute approximate surface area is 152 Å². The maximum Gasteiger partial charge on any atom is 0.341 e. The number of hydrogen-bond donors (Lipinski definition) is 2. The molecule has 0 amide bonds. The third-order valence-corrected chi connectivity index (χ3v) is 3.69. The Kier molecular flexibility index (Phi) is 7.23. The Morgan fingerprint density at radius 1 is 1.31 bits per heavy atom. The molecule has 7 heteroatoms. The molecule has 2 N–H and O–H groups in total. The first-order chi connectivity index (χ1) is 12.6. The molecule has 2 rings (SSSR count). The highest BCUT2D eigenvalue weighted by Crippen LogP contribution is 2.31. The highest BCUT2D eigenvalue weighted by molar-refractivity contribution is 5.94. The van der Waals surface area contributed by atoms with Gasteiger partial charge in [-0.2, -0.15) is 0 Å². The molecule has 0 saturated heterocycles. The summed E-state index contributed by atoms with van der Waals surface area (Å²) in [5.74, 6) is 1.16. The summed E-state index contributed by atoms with van der Waals surface area (Å²) in [5, 5.41) is 12.1. The first-order valence-corrected chi connectivity index (χ1v) is 8.41. The molecule has 7 nitrogen and oxygen atoms in total. The van der Waals surface area contributed by atoms with Gasteiger partial charge in [0.25, 0.3) is 0 Å². The summed E-state index contributed by atoms with van der Waals surface area (Å²) in [6.45, 7) is 4.14. The van der Waals surface area contributed by atoms with Crippen LogP contribution in [0, 0.1) is 0 Å². The van der Waals surface area contributed by atoms with Crippen LogP contribution in [0.1, 0.15) is 35.8 Å². The van der Waals surface area contributed by atoms with Gasteiger partial charge in [-0.1, -0.05) is 6.07 Å². The Hall–Kier alpha value is -2.80. The molecule has 140 valence electrons. The van der Waals surface area contributed by atoms with Gasteiger partial charge >= 0.3 is 5.97 Å². The summed E-state index contributed by atoms with van der Waals surface area (Å²) >= 11 is 0. The Balaban J connectivity index is 2.20. The van der Waals surface area contributed by atoms with E-state index < -0.39 is 5.97 Å². The van der Waals surface area contributed by atoms with Crippen molar-refractivity contribution in [2.75, 3.05) is 32.2 Å². The van der Waals surface area contributed by atoms with Crippen molar-refractivity contribution >= 4 is 11.8 Å². The van der Waals surface area contributed by atoms with Crippen LogP contribution < -0.4 is 14.8 Å². The fraction of sp³-hybridized carbons (Fsp3) is 0.368. The molecule has 0 bridgehead atoms. The second-order valence-electron chi connectivity index (χ2n) is 5.47. The monoisotopic (exact) mass is 360 g/mol. The van der Waals surface area contributed by atoms with Gasteiger partial charge in [0.05, 0.1) is 26.4 Å². The molecule has 0 aliphatic carbocycles. The van der Waals surface area contributed by atoms with Gasteiger partial charge in [0, 0.05) is 6.20 Å². The van der Waals surface area contributed by atoms with Crippen molar-refractivity contribution in [3.63, 3.8) is 0 Å². The molecular weight excluding hydrogens is 336 g/mol. The van der Waals surface area contributed by atoms with Crippen LogP contribution in [0.4, 0.5) is 5.82 Å². The zero-order chi connectivity index (χ0) is 18.9. The lowest BCUT2D eigenvalue weighted by Gasteiger charge is -2.18. The standard InChI is InChI=1S/C19H24N2O5/c1-4-25-19(23)15-6-5-9-20-18(15)21-13(2)14-7-8-16(26-11-10-22)17(12-14)24-3/h5-9,12-13,22H,4,10-11H2,1-3H3,(H,20,21)/t13-/m1/s1. The van der Waals surface area contributed by atoms with Crippen molar-refractivity contribution in [1.29, 1.82) is 0 Å².